The minimum Gasteiger partial charge on any atom is -0.494 e. The van der Waals surface area contributed by atoms with Crippen LogP contribution >= 0.6 is 0 Å². The molecule has 220 valence electrons. The zero-order valence-electron chi connectivity index (χ0n) is 23.6. The van der Waals surface area contributed by atoms with Gasteiger partial charge in [-0.1, -0.05) is 38.4 Å². The molecule has 1 amide bonds. The van der Waals surface area contributed by atoms with Gasteiger partial charge in [-0.25, -0.2) is 13.2 Å². The lowest BCUT2D eigenvalue weighted by Crippen LogP contribution is -2.40. The number of hydrogen-bond donors (Lipinski definition) is 1. The number of nitrogens with zero attached hydrogens (tertiary/aromatic N) is 3. The summed E-state index contributed by atoms with van der Waals surface area (Å²) in [5.74, 6) is -1.46. The van der Waals surface area contributed by atoms with Crippen molar-refractivity contribution in [3.63, 3.8) is 0 Å². The SMILES string of the molecule is CC[C@@H](CCOC1=CC(F)C(C)(CC(=O)NCC(F)(F)CC)C=C1)CC1CCN(c2nc(COC)no2)CC1. The lowest BCUT2D eigenvalue weighted by Gasteiger charge is -2.32. The highest BCUT2D eigenvalue weighted by Gasteiger charge is 2.37. The molecule has 0 radical (unpaired) electrons. The van der Waals surface area contributed by atoms with Crippen LogP contribution in [0, 0.1) is 17.3 Å². The van der Waals surface area contributed by atoms with Gasteiger partial charge in [0.25, 0.3) is 5.92 Å². The van der Waals surface area contributed by atoms with Crippen molar-refractivity contribution in [1.29, 1.82) is 0 Å². The van der Waals surface area contributed by atoms with E-state index in [1.165, 1.54) is 13.0 Å². The fraction of sp³-hybridized carbons (Fsp3) is 0.750. The second-order valence-corrected chi connectivity index (χ2v) is 11.0. The number of alkyl halides is 3. The Morgan fingerprint density at radius 3 is 2.72 bits per heavy atom. The number of anilines is 1. The Hall–Kier alpha value is -2.56. The van der Waals surface area contributed by atoms with Gasteiger partial charge in [-0.3, -0.25) is 4.79 Å². The Labute approximate surface area is 229 Å². The highest BCUT2D eigenvalue weighted by molar-refractivity contribution is 5.77. The molecule has 0 aromatic carbocycles. The average molecular weight is 557 g/mol. The molecule has 3 atom stereocenters. The predicted molar refractivity (Wildman–Crippen MR) is 142 cm³/mol. The van der Waals surface area contributed by atoms with Crippen LogP contribution in [-0.4, -0.2) is 61.5 Å². The first-order valence-electron chi connectivity index (χ1n) is 14.0. The van der Waals surface area contributed by atoms with Crippen molar-refractivity contribution in [2.24, 2.45) is 17.3 Å². The molecule has 1 aromatic rings. The van der Waals surface area contributed by atoms with Crippen molar-refractivity contribution < 1.29 is 32.0 Å². The standard InChI is InChI=1S/C28H43F3N4O4/c1-5-20(15-21-8-12-35(13-9-21)26-33-24(18-37-4)34-39-26)10-14-38-22-7-11-27(3,23(29)16-22)17-25(36)32-19-28(30,31)6-2/h7,11,16,20-21,23H,5-6,8-10,12-15,17-19H2,1-4H3,(H,32,36)/t20-,23?,27?/m0/s1. The van der Waals surface area contributed by atoms with Gasteiger partial charge in [0.15, 0.2) is 5.82 Å². The lowest BCUT2D eigenvalue weighted by molar-refractivity contribution is -0.125. The molecule has 8 nitrogen and oxygen atoms in total. The molecule has 1 fully saturated rings. The van der Waals surface area contributed by atoms with Gasteiger partial charge in [-0.05, 0) is 49.7 Å². The van der Waals surface area contributed by atoms with E-state index in [-0.39, 0.29) is 12.8 Å². The number of nitrogens with one attached hydrogen (secondary N) is 1. The van der Waals surface area contributed by atoms with Crippen molar-refractivity contribution in [3.8, 4) is 0 Å². The molecule has 2 heterocycles. The molecule has 39 heavy (non-hydrogen) atoms. The van der Waals surface area contributed by atoms with E-state index in [0.29, 0.717) is 42.6 Å². The number of aromatic nitrogens is 2. The summed E-state index contributed by atoms with van der Waals surface area (Å²) >= 11 is 0. The van der Waals surface area contributed by atoms with Gasteiger partial charge in [-0.15, -0.1) is 0 Å². The summed E-state index contributed by atoms with van der Waals surface area (Å²) < 4.78 is 58.1. The molecule has 1 aliphatic heterocycles. The largest absolute Gasteiger partial charge is 0.494 e. The Balaban J connectivity index is 1.38. The van der Waals surface area contributed by atoms with Crippen molar-refractivity contribution >= 4 is 11.9 Å². The minimum absolute atomic E-state index is 0.216. The maximum Gasteiger partial charge on any atom is 0.324 e. The molecule has 0 saturated carbocycles. The fourth-order valence-corrected chi connectivity index (χ4v) is 4.99. The van der Waals surface area contributed by atoms with Gasteiger partial charge >= 0.3 is 6.01 Å². The third-order valence-corrected chi connectivity index (χ3v) is 7.83. The Bertz CT molecular complexity index is 978. The Morgan fingerprint density at radius 1 is 1.33 bits per heavy atom. The molecule has 1 aliphatic carbocycles. The summed E-state index contributed by atoms with van der Waals surface area (Å²) in [7, 11) is 1.60. The number of methoxy groups -OCH3 is 1. The lowest BCUT2D eigenvalue weighted by atomic mass is 9.78. The fourth-order valence-electron chi connectivity index (χ4n) is 4.99. The molecule has 2 unspecified atom stereocenters. The summed E-state index contributed by atoms with van der Waals surface area (Å²) in [5.41, 5.74) is -1.11. The van der Waals surface area contributed by atoms with Crippen LogP contribution in [0.15, 0.2) is 28.5 Å². The number of amides is 1. The monoisotopic (exact) mass is 556 g/mol. The summed E-state index contributed by atoms with van der Waals surface area (Å²) in [6.45, 7) is 6.96. The minimum atomic E-state index is -2.97. The van der Waals surface area contributed by atoms with Crippen LogP contribution in [0.3, 0.4) is 0 Å². The zero-order chi connectivity index (χ0) is 28.5. The van der Waals surface area contributed by atoms with E-state index >= 15 is 0 Å². The van der Waals surface area contributed by atoms with E-state index in [9.17, 15) is 18.0 Å². The van der Waals surface area contributed by atoms with Crippen LogP contribution in [0.1, 0.15) is 71.5 Å². The molecular formula is C28H43F3N4O4. The van der Waals surface area contributed by atoms with E-state index in [4.69, 9.17) is 14.0 Å². The first kappa shape index (κ1) is 31.0. The van der Waals surface area contributed by atoms with Crippen LogP contribution in [0.4, 0.5) is 19.2 Å². The molecule has 1 saturated heterocycles. The second-order valence-electron chi connectivity index (χ2n) is 11.0. The summed E-state index contributed by atoms with van der Waals surface area (Å²) in [4.78, 5) is 18.7. The van der Waals surface area contributed by atoms with Crippen LogP contribution in [0.25, 0.3) is 0 Å². The summed E-state index contributed by atoms with van der Waals surface area (Å²) in [6.07, 6.45) is 7.75. The quantitative estimate of drug-likeness (QED) is 0.301. The second kappa shape index (κ2) is 14.2. The van der Waals surface area contributed by atoms with Gasteiger partial charge in [0.2, 0.25) is 5.91 Å². The Kier molecular flexibility index (Phi) is 11.3. The van der Waals surface area contributed by atoms with E-state index in [1.807, 2.05) is 0 Å². The van der Waals surface area contributed by atoms with Gasteiger partial charge in [0.1, 0.15) is 18.5 Å². The van der Waals surface area contributed by atoms with Gasteiger partial charge < -0.3 is 24.2 Å². The van der Waals surface area contributed by atoms with Gasteiger partial charge in [0, 0.05) is 38.5 Å². The topological polar surface area (TPSA) is 89.7 Å². The number of ether oxygens (including phenoxy) is 2. The molecule has 1 N–H and O–H groups in total. The molecule has 3 rings (SSSR count). The van der Waals surface area contributed by atoms with Crippen LogP contribution in [0.2, 0.25) is 0 Å². The van der Waals surface area contributed by atoms with Crippen molar-refractivity contribution in [3.05, 3.63) is 29.8 Å². The molecule has 0 spiro atoms. The highest BCUT2D eigenvalue weighted by atomic mass is 19.3. The molecular weight excluding hydrogens is 513 g/mol. The maximum absolute atomic E-state index is 15.0. The predicted octanol–water partition coefficient (Wildman–Crippen LogP) is 5.61. The number of carbonyl (C=O) groups is 1. The maximum atomic E-state index is 15.0. The van der Waals surface area contributed by atoms with Crippen molar-refractivity contribution in [2.45, 2.75) is 84.4 Å². The number of halogens is 3. The highest BCUT2D eigenvalue weighted by Crippen LogP contribution is 2.36. The molecule has 0 bridgehead atoms. The van der Waals surface area contributed by atoms with Crippen LogP contribution in [0.5, 0.6) is 0 Å². The number of allylic oxidation sites excluding steroid dienone is 3. The number of piperidine rings is 1. The Morgan fingerprint density at radius 2 is 2.08 bits per heavy atom. The smallest absolute Gasteiger partial charge is 0.324 e. The van der Waals surface area contributed by atoms with Gasteiger partial charge in [-0.2, -0.15) is 4.98 Å². The van der Waals surface area contributed by atoms with Crippen LogP contribution in [-0.2, 0) is 20.9 Å². The molecule has 11 heteroatoms. The van der Waals surface area contributed by atoms with E-state index in [0.717, 1.165) is 45.2 Å². The third kappa shape index (κ3) is 9.25. The average Bonchev–Trinajstić information content (AvgIpc) is 3.38. The zero-order valence-corrected chi connectivity index (χ0v) is 23.6. The van der Waals surface area contributed by atoms with Crippen molar-refractivity contribution in [1.82, 2.24) is 15.5 Å². The van der Waals surface area contributed by atoms with E-state index in [2.05, 4.69) is 27.3 Å². The third-order valence-electron chi connectivity index (χ3n) is 7.83. The van der Waals surface area contributed by atoms with Crippen LogP contribution < -0.4 is 10.2 Å². The van der Waals surface area contributed by atoms with E-state index < -0.39 is 30.0 Å². The molecule has 1 aromatic heterocycles. The summed E-state index contributed by atoms with van der Waals surface area (Å²) in [5, 5.41) is 6.16. The number of rotatable bonds is 15. The normalized spacial score (nSPS) is 23.0. The van der Waals surface area contributed by atoms with Crippen molar-refractivity contribution in [2.75, 3.05) is 38.3 Å². The van der Waals surface area contributed by atoms with E-state index in [1.54, 1.807) is 26.2 Å². The number of hydrogen-bond acceptors (Lipinski definition) is 7. The van der Waals surface area contributed by atoms with Gasteiger partial charge in [0.05, 0.1) is 13.2 Å². The summed E-state index contributed by atoms with van der Waals surface area (Å²) in [6, 6.07) is 0.552. The first-order chi connectivity index (χ1) is 18.6. The first-order valence-corrected chi connectivity index (χ1v) is 14.0. The molecule has 2 aliphatic rings. The number of carbonyl (C=O) groups excluding carboxylic acids is 1.